The van der Waals surface area contributed by atoms with Gasteiger partial charge in [0.25, 0.3) is 0 Å². The third kappa shape index (κ3) is 4.76. The van der Waals surface area contributed by atoms with Gasteiger partial charge in [0.2, 0.25) is 0 Å². The normalized spacial score (nSPS) is 11.6. The van der Waals surface area contributed by atoms with Gasteiger partial charge < -0.3 is 15.4 Å². The lowest BCUT2D eigenvalue weighted by molar-refractivity contribution is 0.203. The maximum Gasteiger partial charge on any atom is 0.191 e. The van der Waals surface area contributed by atoms with Crippen molar-refractivity contribution in [3.8, 4) is 0 Å². The van der Waals surface area contributed by atoms with Gasteiger partial charge in [-0.3, -0.25) is 4.99 Å². The summed E-state index contributed by atoms with van der Waals surface area (Å²) in [4.78, 5) is 4.18. The Bertz CT molecular complexity index is 595. The second-order valence-corrected chi connectivity index (χ2v) is 4.85. The molecule has 4 nitrogen and oxygen atoms in total. The van der Waals surface area contributed by atoms with Crippen LogP contribution in [0.25, 0.3) is 10.8 Å². The van der Waals surface area contributed by atoms with Gasteiger partial charge in [-0.05, 0) is 22.8 Å². The van der Waals surface area contributed by atoms with Crippen molar-refractivity contribution in [1.82, 2.24) is 10.6 Å². The zero-order valence-electron chi connectivity index (χ0n) is 12.7. The van der Waals surface area contributed by atoms with Crippen LogP contribution in [0.15, 0.2) is 47.5 Å². The highest BCUT2D eigenvalue weighted by atomic mass is 16.5. The average molecular weight is 285 g/mol. The Balaban J connectivity index is 1.83. The smallest absolute Gasteiger partial charge is 0.191 e. The average Bonchev–Trinajstić information content (AvgIpc) is 2.53. The number of ether oxygens (including phenoxy) is 1. The van der Waals surface area contributed by atoms with Gasteiger partial charge in [0.1, 0.15) is 0 Å². The molecule has 0 saturated carbocycles. The monoisotopic (exact) mass is 285 g/mol. The second kappa shape index (κ2) is 8.27. The first-order valence-electron chi connectivity index (χ1n) is 7.24. The van der Waals surface area contributed by atoms with Gasteiger partial charge in [-0.1, -0.05) is 42.5 Å². The summed E-state index contributed by atoms with van der Waals surface area (Å²) in [5.74, 6) is 0.813. The predicted octanol–water partition coefficient (Wildman–Crippen LogP) is 2.19. The van der Waals surface area contributed by atoms with Gasteiger partial charge in [0, 0.05) is 27.2 Å². The van der Waals surface area contributed by atoms with Crippen molar-refractivity contribution in [2.45, 2.75) is 6.42 Å². The van der Waals surface area contributed by atoms with Gasteiger partial charge in [-0.2, -0.15) is 0 Å². The Kier molecular flexibility index (Phi) is 6.03. The zero-order valence-corrected chi connectivity index (χ0v) is 12.7. The molecule has 2 aromatic carbocycles. The van der Waals surface area contributed by atoms with Crippen molar-refractivity contribution in [2.75, 3.05) is 33.9 Å². The molecule has 0 amide bonds. The molecule has 4 heteroatoms. The number of aliphatic imine (C=N–C) groups is 1. The van der Waals surface area contributed by atoms with E-state index in [2.05, 4.69) is 58.1 Å². The summed E-state index contributed by atoms with van der Waals surface area (Å²) in [5.41, 5.74) is 1.33. The van der Waals surface area contributed by atoms with Gasteiger partial charge in [-0.15, -0.1) is 0 Å². The number of guanidine groups is 1. The molecule has 0 aliphatic rings. The summed E-state index contributed by atoms with van der Waals surface area (Å²) >= 11 is 0. The lowest BCUT2D eigenvalue weighted by Gasteiger charge is -2.11. The van der Waals surface area contributed by atoms with E-state index in [9.17, 15) is 0 Å². The van der Waals surface area contributed by atoms with Crippen LogP contribution in [0.4, 0.5) is 0 Å². The van der Waals surface area contributed by atoms with Gasteiger partial charge in [0.15, 0.2) is 5.96 Å². The molecule has 0 aromatic heterocycles. The highest BCUT2D eigenvalue weighted by Gasteiger charge is 1.99. The van der Waals surface area contributed by atoms with Crippen LogP contribution >= 0.6 is 0 Å². The Hall–Kier alpha value is -2.07. The van der Waals surface area contributed by atoms with E-state index in [0.29, 0.717) is 6.61 Å². The van der Waals surface area contributed by atoms with Crippen molar-refractivity contribution in [3.05, 3.63) is 48.0 Å². The Morgan fingerprint density at radius 2 is 1.81 bits per heavy atom. The number of hydrogen-bond acceptors (Lipinski definition) is 2. The molecule has 0 radical (unpaired) electrons. The van der Waals surface area contributed by atoms with Crippen LogP contribution in [0.2, 0.25) is 0 Å². The first kappa shape index (κ1) is 15.3. The van der Waals surface area contributed by atoms with Crippen molar-refractivity contribution >= 4 is 16.7 Å². The summed E-state index contributed by atoms with van der Waals surface area (Å²) in [5, 5.41) is 9.08. The second-order valence-electron chi connectivity index (χ2n) is 4.85. The van der Waals surface area contributed by atoms with Crippen LogP contribution in [0, 0.1) is 0 Å². The molecule has 0 aliphatic carbocycles. The van der Waals surface area contributed by atoms with E-state index >= 15 is 0 Å². The molecule has 2 aromatic rings. The predicted molar refractivity (Wildman–Crippen MR) is 88.9 cm³/mol. The summed E-state index contributed by atoms with van der Waals surface area (Å²) in [6, 6.07) is 15.0. The molecule has 21 heavy (non-hydrogen) atoms. The highest BCUT2D eigenvalue weighted by molar-refractivity contribution is 5.83. The van der Waals surface area contributed by atoms with Crippen LogP contribution in [0.5, 0.6) is 0 Å². The van der Waals surface area contributed by atoms with Crippen LogP contribution in [0.1, 0.15) is 5.56 Å². The topological polar surface area (TPSA) is 45.7 Å². The van der Waals surface area contributed by atoms with Crippen molar-refractivity contribution in [1.29, 1.82) is 0 Å². The number of methoxy groups -OCH3 is 1. The molecule has 112 valence electrons. The van der Waals surface area contributed by atoms with Gasteiger partial charge in [-0.25, -0.2) is 0 Å². The van der Waals surface area contributed by atoms with Crippen LogP contribution < -0.4 is 10.6 Å². The molecule has 2 N–H and O–H groups in total. The number of nitrogens with one attached hydrogen (secondary N) is 2. The highest BCUT2D eigenvalue weighted by Crippen LogP contribution is 2.15. The summed E-state index contributed by atoms with van der Waals surface area (Å²) < 4.78 is 5.01. The molecule has 0 heterocycles. The molecular formula is C17H23N3O. The van der Waals surface area contributed by atoms with E-state index in [4.69, 9.17) is 4.74 Å². The largest absolute Gasteiger partial charge is 0.383 e. The number of nitrogens with zero attached hydrogens (tertiary/aromatic N) is 1. The fourth-order valence-corrected chi connectivity index (χ4v) is 2.21. The summed E-state index contributed by atoms with van der Waals surface area (Å²) in [6.07, 6.45) is 0.968. The minimum absolute atomic E-state index is 0.672. The summed E-state index contributed by atoms with van der Waals surface area (Å²) in [7, 11) is 3.47. The summed E-state index contributed by atoms with van der Waals surface area (Å²) in [6.45, 7) is 2.28. The SMILES string of the molecule is CN=C(NCCOC)NCCc1ccc2ccccc2c1. The minimum Gasteiger partial charge on any atom is -0.383 e. The molecule has 2 rings (SSSR count). The molecule has 0 spiro atoms. The number of hydrogen-bond donors (Lipinski definition) is 2. The van der Waals surface area contributed by atoms with Crippen LogP contribution in [0.3, 0.4) is 0 Å². The lowest BCUT2D eigenvalue weighted by Crippen LogP contribution is -2.39. The lowest BCUT2D eigenvalue weighted by atomic mass is 10.1. The van der Waals surface area contributed by atoms with Gasteiger partial charge in [0.05, 0.1) is 6.61 Å². The maximum atomic E-state index is 5.01. The van der Waals surface area contributed by atoms with E-state index in [0.717, 1.165) is 25.5 Å². The maximum absolute atomic E-state index is 5.01. The molecule has 0 unspecified atom stereocenters. The van der Waals surface area contributed by atoms with Crippen LogP contribution in [-0.2, 0) is 11.2 Å². The number of benzene rings is 2. The van der Waals surface area contributed by atoms with Gasteiger partial charge >= 0.3 is 0 Å². The molecular weight excluding hydrogens is 262 g/mol. The third-order valence-electron chi connectivity index (χ3n) is 3.34. The fraction of sp³-hybridized carbons (Fsp3) is 0.353. The molecule has 0 aliphatic heterocycles. The standard InChI is InChI=1S/C17H23N3O/c1-18-17(20-11-12-21-2)19-10-9-14-7-8-15-5-3-4-6-16(15)13-14/h3-8,13H,9-12H2,1-2H3,(H2,18,19,20). The minimum atomic E-state index is 0.672. The van der Waals surface area contributed by atoms with Crippen LogP contribution in [-0.4, -0.2) is 39.8 Å². The Morgan fingerprint density at radius 3 is 2.57 bits per heavy atom. The van der Waals surface area contributed by atoms with E-state index in [-0.39, 0.29) is 0 Å². The van der Waals surface area contributed by atoms with Crippen molar-refractivity contribution < 1.29 is 4.74 Å². The fourth-order valence-electron chi connectivity index (χ4n) is 2.21. The van der Waals surface area contributed by atoms with E-state index in [1.54, 1.807) is 14.2 Å². The molecule has 0 atom stereocenters. The van der Waals surface area contributed by atoms with E-state index < -0.39 is 0 Å². The van der Waals surface area contributed by atoms with E-state index in [1.807, 2.05) is 0 Å². The van der Waals surface area contributed by atoms with Crippen molar-refractivity contribution in [3.63, 3.8) is 0 Å². The molecule has 0 saturated heterocycles. The first-order valence-corrected chi connectivity index (χ1v) is 7.24. The Labute approximate surface area is 126 Å². The third-order valence-corrected chi connectivity index (χ3v) is 3.34. The molecule has 0 bridgehead atoms. The number of fused-ring (bicyclic) bond motifs is 1. The molecule has 0 fully saturated rings. The zero-order chi connectivity index (χ0) is 14.9. The van der Waals surface area contributed by atoms with E-state index in [1.165, 1.54) is 16.3 Å². The number of rotatable bonds is 6. The quantitative estimate of drug-likeness (QED) is 0.486. The first-order chi connectivity index (χ1) is 10.3. The van der Waals surface area contributed by atoms with Crippen molar-refractivity contribution in [2.24, 2.45) is 4.99 Å². The Morgan fingerprint density at radius 1 is 1.05 bits per heavy atom.